The molecule has 0 radical (unpaired) electrons. The van der Waals surface area contributed by atoms with Gasteiger partial charge in [0.05, 0.1) is 0 Å². The Morgan fingerprint density at radius 3 is 3.00 bits per heavy atom. The molecule has 78 valence electrons. The molecule has 2 aromatic heterocycles. The van der Waals surface area contributed by atoms with Crippen LogP contribution in [0.1, 0.15) is 6.42 Å². The first-order valence-electron chi connectivity index (χ1n) is 4.65. The summed E-state index contributed by atoms with van der Waals surface area (Å²) in [4.78, 5) is 4.21. The summed E-state index contributed by atoms with van der Waals surface area (Å²) in [6.45, 7) is 0.796. The van der Waals surface area contributed by atoms with Crippen molar-refractivity contribution in [2.24, 2.45) is 0 Å². The maximum Gasteiger partial charge on any atom is 0.200 e. The highest BCUT2D eigenvalue weighted by Gasteiger charge is 2.08. The molecule has 0 aliphatic heterocycles. The van der Waals surface area contributed by atoms with E-state index in [0.29, 0.717) is 0 Å². The number of pyridine rings is 1. The predicted molar refractivity (Wildman–Crippen MR) is 59.5 cm³/mol. The lowest BCUT2D eigenvalue weighted by Crippen LogP contribution is -2.04. The van der Waals surface area contributed by atoms with Crippen LogP contribution in [0.25, 0.3) is 11.5 Å². The summed E-state index contributed by atoms with van der Waals surface area (Å²) in [5, 5.41) is 12.5. The Balaban J connectivity index is 2.25. The molecule has 0 amide bonds. The number of alkyl halides is 1. The smallest absolute Gasteiger partial charge is 0.200 e. The number of halogens is 1. The van der Waals surface area contributed by atoms with Crippen LogP contribution in [0.4, 0.5) is 0 Å². The largest absolute Gasteiger partial charge is 0.253 e. The predicted octanol–water partition coefficient (Wildman–Crippen LogP) is 1.52. The van der Waals surface area contributed by atoms with E-state index in [1.807, 2.05) is 18.2 Å². The van der Waals surface area contributed by atoms with Crippen molar-refractivity contribution in [1.29, 1.82) is 0 Å². The van der Waals surface area contributed by atoms with Crippen molar-refractivity contribution >= 4 is 15.9 Å². The normalized spacial score (nSPS) is 10.5. The van der Waals surface area contributed by atoms with Crippen molar-refractivity contribution in [2.75, 3.05) is 5.33 Å². The van der Waals surface area contributed by atoms with Crippen LogP contribution in [-0.2, 0) is 6.54 Å². The molecule has 5 nitrogen and oxygen atoms in total. The molecule has 0 aliphatic rings. The SMILES string of the molecule is BrCCCn1nnnc1-c1ccccn1. The Hall–Kier alpha value is -1.30. The zero-order chi connectivity index (χ0) is 10.5. The van der Waals surface area contributed by atoms with E-state index in [0.717, 1.165) is 29.8 Å². The van der Waals surface area contributed by atoms with Crippen LogP contribution in [0.2, 0.25) is 0 Å². The van der Waals surface area contributed by atoms with Crippen LogP contribution in [0, 0.1) is 0 Å². The highest BCUT2D eigenvalue weighted by atomic mass is 79.9. The summed E-state index contributed by atoms with van der Waals surface area (Å²) in [7, 11) is 0. The summed E-state index contributed by atoms with van der Waals surface area (Å²) in [5.74, 6) is 0.719. The third-order valence-electron chi connectivity index (χ3n) is 1.93. The monoisotopic (exact) mass is 267 g/mol. The molecule has 2 heterocycles. The summed E-state index contributed by atoms with van der Waals surface area (Å²) in [5.41, 5.74) is 0.803. The van der Waals surface area contributed by atoms with Gasteiger partial charge in [0, 0.05) is 18.1 Å². The van der Waals surface area contributed by atoms with E-state index in [-0.39, 0.29) is 0 Å². The third-order valence-corrected chi connectivity index (χ3v) is 2.49. The van der Waals surface area contributed by atoms with Crippen molar-refractivity contribution in [1.82, 2.24) is 25.2 Å². The lowest BCUT2D eigenvalue weighted by atomic mass is 10.3. The van der Waals surface area contributed by atoms with Gasteiger partial charge in [-0.05, 0) is 29.0 Å². The minimum Gasteiger partial charge on any atom is -0.253 e. The molecule has 0 aliphatic carbocycles. The van der Waals surface area contributed by atoms with E-state index in [4.69, 9.17) is 0 Å². The van der Waals surface area contributed by atoms with Gasteiger partial charge in [0.15, 0.2) is 0 Å². The van der Waals surface area contributed by atoms with Gasteiger partial charge in [-0.25, -0.2) is 4.68 Å². The molecule has 0 spiro atoms. The fourth-order valence-corrected chi connectivity index (χ4v) is 1.49. The van der Waals surface area contributed by atoms with Crippen molar-refractivity contribution < 1.29 is 0 Å². The number of tetrazole rings is 1. The maximum atomic E-state index is 4.21. The molecule has 2 rings (SSSR count). The van der Waals surface area contributed by atoms with Gasteiger partial charge in [0.25, 0.3) is 0 Å². The zero-order valence-electron chi connectivity index (χ0n) is 8.04. The van der Waals surface area contributed by atoms with Crippen LogP contribution >= 0.6 is 15.9 Å². The van der Waals surface area contributed by atoms with Gasteiger partial charge in [-0.3, -0.25) is 4.98 Å². The second kappa shape index (κ2) is 4.97. The van der Waals surface area contributed by atoms with E-state index in [1.54, 1.807) is 10.9 Å². The molecule has 0 saturated heterocycles. The molecule has 15 heavy (non-hydrogen) atoms. The van der Waals surface area contributed by atoms with Gasteiger partial charge >= 0.3 is 0 Å². The Morgan fingerprint density at radius 1 is 1.33 bits per heavy atom. The minimum absolute atomic E-state index is 0.719. The Labute approximate surface area is 95.7 Å². The van der Waals surface area contributed by atoms with Crippen molar-refractivity contribution in [3.8, 4) is 11.5 Å². The van der Waals surface area contributed by atoms with Crippen LogP contribution in [0.15, 0.2) is 24.4 Å². The average molecular weight is 268 g/mol. The Bertz CT molecular complexity index is 413. The highest BCUT2D eigenvalue weighted by molar-refractivity contribution is 9.09. The van der Waals surface area contributed by atoms with E-state index in [1.165, 1.54) is 0 Å². The number of hydrogen-bond donors (Lipinski definition) is 0. The van der Waals surface area contributed by atoms with Gasteiger partial charge in [0.2, 0.25) is 5.82 Å². The maximum absolute atomic E-state index is 4.21. The fraction of sp³-hybridized carbons (Fsp3) is 0.333. The topological polar surface area (TPSA) is 56.5 Å². The summed E-state index contributed by atoms with van der Waals surface area (Å²) in [6, 6.07) is 5.69. The van der Waals surface area contributed by atoms with Crippen molar-refractivity contribution in [3.63, 3.8) is 0 Å². The molecular formula is C9H10BrN5. The molecule has 6 heteroatoms. The van der Waals surface area contributed by atoms with Gasteiger partial charge in [-0.2, -0.15) is 0 Å². The first-order chi connectivity index (χ1) is 7.42. The van der Waals surface area contributed by atoms with Crippen molar-refractivity contribution in [2.45, 2.75) is 13.0 Å². The van der Waals surface area contributed by atoms with Gasteiger partial charge < -0.3 is 0 Å². The molecular weight excluding hydrogens is 258 g/mol. The number of nitrogens with zero attached hydrogens (tertiary/aromatic N) is 5. The number of hydrogen-bond acceptors (Lipinski definition) is 4. The van der Waals surface area contributed by atoms with Gasteiger partial charge in [0.1, 0.15) is 5.69 Å². The standard InChI is InChI=1S/C9H10BrN5/c10-5-3-7-15-9(12-13-14-15)8-4-1-2-6-11-8/h1-2,4,6H,3,5,7H2. The molecule has 0 atom stereocenters. The van der Waals surface area contributed by atoms with Crippen LogP contribution in [0.5, 0.6) is 0 Å². The fourth-order valence-electron chi connectivity index (χ4n) is 1.24. The van der Waals surface area contributed by atoms with E-state index >= 15 is 0 Å². The summed E-state index contributed by atoms with van der Waals surface area (Å²) >= 11 is 3.38. The van der Waals surface area contributed by atoms with Crippen LogP contribution in [-0.4, -0.2) is 30.5 Å². The van der Waals surface area contributed by atoms with E-state index in [2.05, 4.69) is 36.4 Å². The molecule has 0 N–H and O–H groups in total. The summed E-state index contributed by atoms with van der Waals surface area (Å²) < 4.78 is 1.77. The average Bonchev–Trinajstić information content (AvgIpc) is 2.75. The zero-order valence-corrected chi connectivity index (χ0v) is 9.63. The van der Waals surface area contributed by atoms with Crippen LogP contribution in [0.3, 0.4) is 0 Å². The first kappa shape index (κ1) is 10.2. The van der Waals surface area contributed by atoms with Crippen LogP contribution < -0.4 is 0 Å². The molecule has 0 aromatic carbocycles. The van der Waals surface area contributed by atoms with Gasteiger partial charge in [-0.1, -0.05) is 22.0 Å². The van der Waals surface area contributed by atoms with E-state index in [9.17, 15) is 0 Å². The molecule has 0 bridgehead atoms. The molecule has 2 aromatic rings. The number of aryl methyl sites for hydroxylation is 1. The highest BCUT2D eigenvalue weighted by Crippen LogP contribution is 2.11. The summed E-state index contributed by atoms with van der Waals surface area (Å²) in [6.07, 6.45) is 2.73. The Kier molecular flexibility index (Phi) is 3.39. The lowest BCUT2D eigenvalue weighted by molar-refractivity contribution is 0.587. The van der Waals surface area contributed by atoms with Gasteiger partial charge in [-0.15, -0.1) is 5.10 Å². The molecule has 0 unspecified atom stereocenters. The quantitative estimate of drug-likeness (QED) is 0.789. The third kappa shape index (κ3) is 2.38. The number of aromatic nitrogens is 5. The molecule has 0 saturated carbocycles. The molecule has 0 fully saturated rings. The number of rotatable bonds is 4. The second-order valence-electron chi connectivity index (χ2n) is 2.98. The van der Waals surface area contributed by atoms with Crippen molar-refractivity contribution in [3.05, 3.63) is 24.4 Å². The minimum atomic E-state index is 0.719. The van der Waals surface area contributed by atoms with E-state index < -0.39 is 0 Å². The Morgan fingerprint density at radius 2 is 2.27 bits per heavy atom. The lowest BCUT2D eigenvalue weighted by Gasteiger charge is -2.01. The second-order valence-corrected chi connectivity index (χ2v) is 3.78. The first-order valence-corrected chi connectivity index (χ1v) is 5.77.